The van der Waals surface area contributed by atoms with Crippen LogP contribution in [0.15, 0.2) is 0 Å². The molecule has 2 N–H and O–H groups in total. The van der Waals surface area contributed by atoms with Crippen LogP contribution < -0.4 is 5.32 Å². The molecule has 0 aliphatic carbocycles. The van der Waals surface area contributed by atoms with Crippen molar-refractivity contribution in [1.82, 2.24) is 5.32 Å². The number of hydrogen-bond donors (Lipinski definition) is 2. The molecule has 0 amide bonds. The van der Waals surface area contributed by atoms with Crippen LogP contribution in [0.3, 0.4) is 0 Å². The monoisotopic (exact) mass is 199 g/mol. The van der Waals surface area contributed by atoms with E-state index in [1.54, 1.807) is 0 Å². The van der Waals surface area contributed by atoms with Crippen molar-refractivity contribution in [2.45, 2.75) is 38.5 Å². The van der Waals surface area contributed by atoms with E-state index >= 15 is 0 Å². The molecule has 0 aromatic rings. The zero-order valence-corrected chi connectivity index (χ0v) is 7.91. The SMILES string of the molecule is CCNCC(C)(O)CCC(F)(F)F. The summed E-state index contributed by atoms with van der Waals surface area (Å²) in [5.74, 6) is 0. The third-order valence-corrected chi connectivity index (χ3v) is 1.70. The fraction of sp³-hybridized carbons (Fsp3) is 1.00. The quantitative estimate of drug-likeness (QED) is 0.706. The molecule has 80 valence electrons. The van der Waals surface area contributed by atoms with Gasteiger partial charge in [0.05, 0.1) is 5.60 Å². The van der Waals surface area contributed by atoms with Gasteiger partial charge in [0, 0.05) is 13.0 Å². The fourth-order valence-corrected chi connectivity index (χ4v) is 0.894. The highest BCUT2D eigenvalue weighted by Gasteiger charge is 2.31. The Labute approximate surface area is 76.1 Å². The lowest BCUT2D eigenvalue weighted by Crippen LogP contribution is -2.38. The Morgan fingerprint density at radius 1 is 1.23 bits per heavy atom. The van der Waals surface area contributed by atoms with Gasteiger partial charge in [0.2, 0.25) is 0 Å². The number of halogens is 3. The van der Waals surface area contributed by atoms with Gasteiger partial charge >= 0.3 is 6.18 Å². The van der Waals surface area contributed by atoms with Crippen LogP contribution >= 0.6 is 0 Å². The predicted molar refractivity (Wildman–Crippen MR) is 44.5 cm³/mol. The van der Waals surface area contributed by atoms with Crippen molar-refractivity contribution in [2.24, 2.45) is 0 Å². The van der Waals surface area contributed by atoms with Gasteiger partial charge in [0.25, 0.3) is 0 Å². The van der Waals surface area contributed by atoms with E-state index in [1.807, 2.05) is 6.92 Å². The van der Waals surface area contributed by atoms with Gasteiger partial charge in [-0.3, -0.25) is 0 Å². The van der Waals surface area contributed by atoms with Crippen molar-refractivity contribution in [1.29, 1.82) is 0 Å². The molecular weight excluding hydrogens is 183 g/mol. The van der Waals surface area contributed by atoms with Crippen LogP contribution in [0.5, 0.6) is 0 Å². The summed E-state index contributed by atoms with van der Waals surface area (Å²) in [7, 11) is 0. The predicted octanol–water partition coefficient (Wildman–Crippen LogP) is 1.69. The first-order valence-corrected chi connectivity index (χ1v) is 4.27. The maximum Gasteiger partial charge on any atom is 0.389 e. The average Bonchev–Trinajstić information content (AvgIpc) is 1.97. The molecule has 0 radical (unpaired) electrons. The molecule has 0 saturated heterocycles. The molecule has 13 heavy (non-hydrogen) atoms. The lowest BCUT2D eigenvalue weighted by atomic mass is 10.00. The summed E-state index contributed by atoms with van der Waals surface area (Å²) in [6, 6.07) is 0. The molecular formula is C8H16F3NO. The first-order chi connectivity index (χ1) is 5.77. The van der Waals surface area contributed by atoms with Gasteiger partial charge in [-0.15, -0.1) is 0 Å². The van der Waals surface area contributed by atoms with E-state index in [1.165, 1.54) is 6.92 Å². The lowest BCUT2D eigenvalue weighted by molar-refractivity contribution is -0.145. The zero-order valence-electron chi connectivity index (χ0n) is 7.91. The summed E-state index contributed by atoms with van der Waals surface area (Å²) >= 11 is 0. The summed E-state index contributed by atoms with van der Waals surface area (Å²) < 4.78 is 35.3. The van der Waals surface area contributed by atoms with Crippen LogP contribution in [-0.4, -0.2) is 30.0 Å². The average molecular weight is 199 g/mol. The molecule has 0 aromatic carbocycles. The van der Waals surface area contributed by atoms with Crippen molar-refractivity contribution in [3.63, 3.8) is 0 Å². The molecule has 1 atom stereocenters. The molecule has 0 rings (SSSR count). The molecule has 0 fully saturated rings. The molecule has 0 aromatic heterocycles. The number of alkyl halides is 3. The number of likely N-dealkylation sites (N-methyl/N-ethyl adjacent to an activating group) is 1. The summed E-state index contributed by atoms with van der Waals surface area (Å²) in [4.78, 5) is 0. The van der Waals surface area contributed by atoms with E-state index in [0.717, 1.165) is 0 Å². The highest BCUT2D eigenvalue weighted by Crippen LogP contribution is 2.25. The van der Waals surface area contributed by atoms with Crippen molar-refractivity contribution >= 4 is 0 Å². The maximum atomic E-state index is 11.8. The molecule has 0 saturated carbocycles. The molecule has 0 spiro atoms. The first-order valence-electron chi connectivity index (χ1n) is 4.27. The Balaban J connectivity index is 3.75. The van der Waals surface area contributed by atoms with Gasteiger partial charge in [0.1, 0.15) is 0 Å². The van der Waals surface area contributed by atoms with Crippen molar-refractivity contribution in [3.8, 4) is 0 Å². The van der Waals surface area contributed by atoms with Crippen LogP contribution in [0.1, 0.15) is 26.7 Å². The number of hydrogen-bond acceptors (Lipinski definition) is 2. The number of aliphatic hydroxyl groups is 1. The number of nitrogens with one attached hydrogen (secondary N) is 1. The smallest absolute Gasteiger partial charge is 0.389 e. The first kappa shape index (κ1) is 12.7. The van der Waals surface area contributed by atoms with E-state index in [4.69, 9.17) is 0 Å². The highest BCUT2D eigenvalue weighted by molar-refractivity contribution is 4.76. The molecule has 2 nitrogen and oxygen atoms in total. The summed E-state index contributed by atoms with van der Waals surface area (Å²) in [5.41, 5.74) is -1.27. The molecule has 0 aliphatic rings. The van der Waals surface area contributed by atoms with Crippen LogP contribution in [-0.2, 0) is 0 Å². The summed E-state index contributed by atoms with van der Waals surface area (Å²) in [6.07, 6.45) is -5.38. The van der Waals surface area contributed by atoms with Crippen molar-refractivity contribution in [2.75, 3.05) is 13.1 Å². The molecule has 5 heteroatoms. The Bertz CT molecular complexity index is 145. The largest absolute Gasteiger partial charge is 0.389 e. The Hall–Kier alpha value is -0.290. The minimum absolute atomic E-state index is 0.194. The standard InChI is InChI=1S/C8H16F3NO/c1-3-12-6-7(2,13)4-5-8(9,10)11/h12-13H,3-6H2,1-2H3. The second kappa shape index (κ2) is 4.81. The van der Waals surface area contributed by atoms with Crippen LogP contribution in [0.2, 0.25) is 0 Å². The second-order valence-corrected chi connectivity index (χ2v) is 3.39. The highest BCUT2D eigenvalue weighted by atomic mass is 19.4. The Kier molecular flexibility index (Phi) is 4.70. The molecule has 0 aliphatic heterocycles. The van der Waals surface area contributed by atoms with E-state index < -0.39 is 18.2 Å². The van der Waals surface area contributed by atoms with E-state index in [0.29, 0.717) is 6.54 Å². The van der Waals surface area contributed by atoms with Gasteiger partial charge in [-0.1, -0.05) is 6.92 Å². The van der Waals surface area contributed by atoms with Gasteiger partial charge in [-0.2, -0.15) is 13.2 Å². The van der Waals surface area contributed by atoms with Crippen molar-refractivity contribution < 1.29 is 18.3 Å². The van der Waals surface area contributed by atoms with Crippen LogP contribution in [0.4, 0.5) is 13.2 Å². The normalized spacial score (nSPS) is 17.1. The van der Waals surface area contributed by atoms with Gasteiger partial charge < -0.3 is 10.4 Å². The fourth-order valence-electron chi connectivity index (χ4n) is 0.894. The third kappa shape index (κ3) is 8.05. The summed E-state index contributed by atoms with van der Waals surface area (Å²) in [6.45, 7) is 4.07. The van der Waals surface area contributed by atoms with Gasteiger partial charge in [-0.05, 0) is 19.9 Å². The van der Waals surface area contributed by atoms with Gasteiger partial charge in [0.15, 0.2) is 0 Å². The minimum Gasteiger partial charge on any atom is -0.389 e. The van der Waals surface area contributed by atoms with Crippen molar-refractivity contribution in [3.05, 3.63) is 0 Å². The topological polar surface area (TPSA) is 32.3 Å². The minimum atomic E-state index is -4.18. The van der Waals surface area contributed by atoms with Crippen LogP contribution in [0, 0.1) is 0 Å². The molecule has 0 bridgehead atoms. The van der Waals surface area contributed by atoms with E-state index in [9.17, 15) is 18.3 Å². The maximum absolute atomic E-state index is 11.8. The third-order valence-electron chi connectivity index (χ3n) is 1.70. The lowest BCUT2D eigenvalue weighted by Gasteiger charge is -2.23. The molecule has 1 unspecified atom stereocenters. The van der Waals surface area contributed by atoms with E-state index in [-0.39, 0.29) is 13.0 Å². The second-order valence-electron chi connectivity index (χ2n) is 3.39. The van der Waals surface area contributed by atoms with Gasteiger partial charge in [-0.25, -0.2) is 0 Å². The zero-order chi connectivity index (χ0) is 10.5. The van der Waals surface area contributed by atoms with Crippen LogP contribution in [0.25, 0.3) is 0 Å². The number of rotatable bonds is 5. The Morgan fingerprint density at radius 3 is 2.15 bits per heavy atom. The Morgan fingerprint density at radius 2 is 1.77 bits per heavy atom. The molecule has 0 heterocycles. The van der Waals surface area contributed by atoms with E-state index in [2.05, 4.69) is 5.32 Å². The summed E-state index contributed by atoms with van der Waals surface area (Å²) in [5, 5.41) is 12.3.